The van der Waals surface area contributed by atoms with Gasteiger partial charge in [0.05, 0.1) is 11.8 Å². The van der Waals surface area contributed by atoms with Gasteiger partial charge in [0.25, 0.3) is 0 Å². The molecule has 1 amide bonds. The van der Waals surface area contributed by atoms with E-state index in [0.717, 1.165) is 5.75 Å². The summed E-state index contributed by atoms with van der Waals surface area (Å²) in [5, 5.41) is 11.8. The molecular weight excluding hydrogens is 238 g/mol. The lowest BCUT2D eigenvalue weighted by molar-refractivity contribution is -0.140. The lowest BCUT2D eigenvalue weighted by Gasteiger charge is -2.11. The summed E-state index contributed by atoms with van der Waals surface area (Å²) < 4.78 is 0. The molecular formula is C12H21NO3S. The van der Waals surface area contributed by atoms with Crippen LogP contribution in [0.1, 0.15) is 20.8 Å². The summed E-state index contributed by atoms with van der Waals surface area (Å²) in [6.07, 6.45) is 2.03. The second kappa shape index (κ2) is 5.29. The number of carbonyl (C=O) groups excluding carboxylic acids is 1. The fourth-order valence-corrected chi connectivity index (χ4v) is 3.00. The fourth-order valence-electron chi connectivity index (χ4n) is 2.32. The van der Waals surface area contributed by atoms with E-state index in [0.29, 0.717) is 12.5 Å². The standard InChI is InChI=1S/C12H21NO3S/c1-7(6-17-4)5-13-10(14)8-9(11(15)16)12(8,2)3/h7-9H,5-6H2,1-4H3,(H,13,14)(H,15,16)/t7?,8-,9+/m1/s1. The summed E-state index contributed by atoms with van der Waals surface area (Å²) in [5.74, 6) is -0.474. The first-order chi connectivity index (χ1) is 7.82. The van der Waals surface area contributed by atoms with E-state index in [1.54, 1.807) is 11.8 Å². The molecule has 1 aliphatic carbocycles. The Morgan fingerprint density at radius 2 is 2.00 bits per heavy atom. The summed E-state index contributed by atoms with van der Waals surface area (Å²) in [6.45, 7) is 6.37. The number of amides is 1. The topological polar surface area (TPSA) is 66.4 Å². The van der Waals surface area contributed by atoms with E-state index in [9.17, 15) is 9.59 Å². The summed E-state index contributed by atoms with van der Waals surface area (Å²) in [6, 6.07) is 0. The monoisotopic (exact) mass is 259 g/mol. The van der Waals surface area contributed by atoms with Gasteiger partial charge in [0.1, 0.15) is 0 Å². The molecule has 0 aliphatic heterocycles. The van der Waals surface area contributed by atoms with Crippen LogP contribution < -0.4 is 5.32 Å². The normalized spacial score (nSPS) is 27.3. The number of hydrogen-bond acceptors (Lipinski definition) is 3. The molecule has 0 spiro atoms. The van der Waals surface area contributed by atoms with Gasteiger partial charge in [-0.3, -0.25) is 9.59 Å². The van der Waals surface area contributed by atoms with Crippen molar-refractivity contribution >= 4 is 23.6 Å². The molecule has 0 aromatic carbocycles. The average molecular weight is 259 g/mol. The SMILES string of the molecule is CSCC(C)CNC(=O)[C@H]1[C@@H](C(=O)O)C1(C)C. The van der Waals surface area contributed by atoms with Gasteiger partial charge in [0.15, 0.2) is 0 Å². The predicted octanol–water partition coefficient (Wildman–Crippen LogP) is 1.46. The Morgan fingerprint density at radius 3 is 2.41 bits per heavy atom. The number of rotatable bonds is 6. The first-order valence-corrected chi connectivity index (χ1v) is 7.21. The Labute approximate surface area is 107 Å². The van der Waals surface area contributed by atoms with Crippen LogP contribution in [0, 0.1) is 23.2 Å². The molecule has 0 saturated heterocycles. The maximum Gasteiger partial charge on any atom is 0.307 e. The molecule has 1 fully saturated rings. The molecule has 17 heavy (non-hydrogen) atoms. The maximum atomic E-state index is 11.9. The molecule has 1 aliphatic rings. The summed E-state index contributed by atoms with van der Waals surface area (Å²) in [7, 11) is 0. The minimum absolute atomic E-state index is 0.115. The van der Waals surface area contributed by atoms with E-state index in [1.807, 2.05) is 20.1 Å². The highest BCUT2D eigenvalue weighted by atomic mass is 32.2. The number of carboxylic acids is 1. The van der Waals surface area contributed by atoms with E-state index < -0.39 is 17.3 Å². The zero-order valence-electron chi connectivity index (χ0n) is 10.8. The Morgan fingerprint density at radius 1 is 1.41 bits per heavy atom. The van der Waals surface area contributed by atoms with E-state index in [2.05, 4.69) is 12.2 Å². The van der Waals surface area contributed by atoms with Gasteiger partial charge in [-0.1, -0.05) is 20.8 Å². The molecule has 98 valence electrons. The van der Waals surface area contributed by atoms with Crippen LogP contribution in [0.15, 0.2) is 0 Å². The van der Waals surface area contributed by atoms with Crippen LogP contribution >= 0.6 is 11.8 Å². The van der Waals surface area contributed by atoms with Gasteiger partial charge < -0.3 is 10.4 Å². The van der Waals surface area contributed by atoms with Gasteiger partial charge in [-0.05, 0) is 23.3 Å². The van der Waals surface area contributed by atoms with Crippen molar-refractivity contribution in [3.05, 3.63) is 0 Å². The molecule has 0 radical (unpaired) electrons. The molecule has 1 rings (SSSR count). The van der Waals surface area contributed by atoms with Gasteiger partial charge in [-0.2, -0.15) is 11.8 Å². The van der Waals surface area contributed by atoms with Crippen LogP contribution in [-0.4, -0.2) is 35.5 Å². The Hall–Kier alpha value is -0.710. The largest absolute Gasteiger partial charge is 0.481 e. The summed E-state index contributed by atoms with van der Waals surface area (Å²) >= 11 is 1.75. The van der Waals surface area contributed by atoms with Crippen LogP contribution in [-0.2, 0) is 9.59 Å². The smallest absolute Gasteiger partial charge is 0.307 e. The fraction of sp³-hybridized carbons (Fsp3) is 0.833. The minimum atomic E-state index is -0.868. The Kier molecular flexibility index (Phi) is 4.47. The summed E-state index contributed by atoms with van der Waals surface area (Å²) in [4.78, 5) is 22.8. The van der Waals surface area contributed by atoms with Gasteiger partial charge in [0, 0.05) is 6.54 Å². The van der Waals surface area contributed by atoms with Crippen LogP contribution in [0.5, 0.6) is 0 Å². The van der Waals surface area contributed by atoms with Crippen LogP contribution in [0.25, 0.3) is 0 Å². The van der Waals surface area contributed by atoms with Crippen molar-refractivity contribution in [2.24, 2.45) is 23.2 Å². The van der Waals surface area contributed by atoms with E-state index in [-0.39, 0.29) is 11.8 Å². The third-order valence-corrected chi connectivity index (χ3v) is 4.35. The highest BCUT2D eigenvalue weighted by Gasteiger charge is 2.65. The van der Waals surface area contributed by atoms with Crippen molar-refractivity contribution in [1.29, 1.82) is 0 Å². The predicted molar refractivity (Wildman–Crippen MR) is 69.0 cm³/mol. The molecule has 0 aromatic heterocycles. The van der Waals surface area contributed by atoms with E-state index in [1.165, 1.54) is 0 Å². The Bertz CT molecular complexity index is 317. The van der Waals surface area contributed by atoms with Gasteiger partial charge in [0.2, 0.25) is 5.91 Å². The number of carbonyl (C=O) groups is 2. The van der Waals surface area contributed by atoms with Crippen molar-refractivity contribution in [3.63, 3.8) is 0 Å². The number of thioether (sulfide) groups is 1. The second-order valence-electron chi connectivity index (χ2n) is 5.42. The van der Waals surface area contributed by atoms with Gasteiger partial charge in [-0.25, -0.2) is 0 Å². The van der Waals surface area contributed by atoms with E-state index >= 15 is 0 Å². The first-order valence-electron chi connectivity index (χ1n) is 5.81. The second-order valence-corrected chi connectivity index (χ2v) is 6.33. The molecule has 0 heterocycles. The highest BCUT2D eigenvalue weighted by Crippen LogP contribution is 2.58. The number of hydrogen-bond donors (Lipinski definition) is 2. The van der Waals surface area contributed by atoms with Gasteiger partial charge >= 0.3 is 5.97 Å². The van der Waals surface area contributed by atoms with Crippen LogP contribution in [0.4, 0.5) is 0 Å². The molecule has 3 atom stereocenters. The quantitative estimate of drug-likeness (QED) is 0.758. The molecule has 1 unspecified atom stereocenters. The van der Waals surface area contributed by atoms with Crippen molar-refractivity contribution in [2.45, 2.75) is 20.8 Å². The van der Waals surface area contributed by atoms with Crippen molar-refractivity contribution < 1.29 is 14.7 Å². The van der Waals surface area contributed by atoms with Gasteiger partial charge in [-0.15, -0.1) is 0 Å². The number of carboxylic acid groups (broad SMARTS) is 1. The zero-order chi connectivity index (χ0) is 13.2. The molecule has 5 heteroatoms. The lowest BCUT2D eigenvalue weighted by atomic mass is 10.1. The molecule has 4 nitrogen and oxygen atoms in total. The molecule has 1 saturated carbocycles. The minimum Gasteiger partial charge on any atom is -0.481 e. The van der Waals surface area contributed by atoms with E-state index in [4.69, 9.17) is 5.11 Å². The molecule has 0 bridgehead atoms. The zero-order valence-corrected chi connectivity index (χ0v) is 11.6. The number of nitrogens with one attached hydrogen (secondary N) is 1. The highest BCUT2D eigenvalue weighted by molar-refractivity contribution is 7.98. The van der Waals surface area contributed by atoms with Crippen molar-refractivity contribution in [3.8, 4) is 0 Å². The maximum absolute atomic E-state index is 11.9. The molecule has 0 aromatic rings. The summed E-state index contributed by atoms with van der Waals surface area (Å²) in [5.41, 5.74) is -0.404. The van der Waals surface area contributed by atoms with Crippen molar-refractivity contribution in [2.75, 3.05) is 18.6 Å². The average Bonchev–Trinajstić information content (AvgIpc) is 2.79. The van der Waals surface area contributed by atoms with Crippen LogP contribution in [0.2, 0.25) is 0 Å². The number of aliphatic carboxylic acids is 1. The third-order valence-electron chi connectivity index (χ3n) is 3.45. The van der Waals surface area contributed by atoms with Crippen LogP contribution in [0.3, 0.4) is 0 Å². The molecule has 2 N–H and O–H groups in total. The first kappa shape index (κ1) is 14.4. The lowest BCUT2D eigenvalue weighted by Crippen LogP contribution is -2.31. The third kappa shape index (κ3) is 3.15. The van der Waals surface area contributed by atoms with Crippen molar-refractivity contribution in [1.82, 2.24) is 5.32 Å². The Balaban J connectivity index is 2.43.